The van der Waals surface area contributed by atoms with Crippen LogP contribution in [-0.4, -0.2) is 18.0 Å². The van der Waals surface area contributed by atoms with Crippen molar-refractivity contribution in [1.29, 1.82) is 0 Å². The molecule has 0 fully saturated rings. The highest BCUT2D eigenvalue weighted by molar-refractivity contribution is 5.78. The van der Waals surface area contributed by atoms with Crippen molar-refractivity contribution in [2.24, 2.45) is 0 Å². The number of hydrogen-bond donors (Lipinski definition) is 1. The molecule has 0 unspecified atom stereocenters. The molecule has 0 spiro atoms. The van der Waals surface area contributed by atoms with Gasteiger partial charge in [0.25, 0.3) is 0 Å². The quantitative estimate of drug-likeness (QED) is 0.891. The van der Waals surface area contributed by atoms with Crippen LogP contribution in [0, 0.1) is 6.92 Å². The van der Waals surface area contributed by atoms with Crippen LogP contribution in [0.2, 0.25) is 0 Å². The molecular weight excluding hydrogens is 244 g/mol. The van der Waals surface area contributed by atoms with Crippen LogP contribution in [0.15, 0.2) is 35.1 Å². The summed E-state index contributed by atoms with van der Waals surface area (Å²) in [5.41, 5.74) is 1.70. The number of aryl methyl sites for hydroxylation is 1. The van der Waals surface area contributed by atoms with E-state index >= 15 is 0 Å². The number of amides is 1. The first-order valence-electron chi connectivity index (χ1n) is 5.97. The Morgan fingerprint density at radius 1 is 1.47 bits per heavy atom. The minimum Gasteiger partial charge on any atom is -0.497 e. The molecule has 0 aliphatic carbocycles. The van der Waals surface area contributed by atoms with Crippen LogP contribution in [0.5, 0.6) is 5.75 Å². The number of nitrogens with zero attached hydrogens (tertiary/aromatic N) is 1. The van der Waals surface area contributed by atoms with Gasteiger partial charge in [0.15, 0.2) is 6.39 Å². The second kappa shape index (κ2) is 6.04. The molecule has 0 bridgehead atoms. The van der Waals surface area contributed by atoms with Crippen LogP contribution >= 0.6 is 0 Å². The standard InChI is InChI=1S/C14H16N2O3/c1-10-13(19-9-16-10)8-15-14(17)7-11-4-3-5-12(6-11)18-2/h3-6,9H,7-8H2,1-2H3,(H,15,17). The van der Waals surface area contributed by atoms with Crippen LogP contribution in [0.4, 0.5) is 0 Å². The number of carbonyl (C=O) groups excluding carboxylic acids is 1. The summed E-state index contributed by atoms with van der Waals surface area (Å²) in [6, 6.07) is 7.45. The van der Waals surface area contributed by atoms with Crippen molar-refractivity contribution in [1.82, 2.24) is 10.3 Å². The summed E-state index contributed by atoms with van der Waals surface area (Å²) in [6.45, 7) is 2.20. The van der Waals surface area contributed by atoms with Crippen molar-refractivity contribution < 1.29 is 13.9 Å². The second-order valence-corrected chi connectivity index (χ2v) is 4.17. The minimum atomic E-state index is -0.0657. The molecule has 1 aromatic heterocycles. The van der Waals surface area contributed by atoms with E-state index < -0.39 is 0 Å². The zero-order valence-corrected chi connectivity index (χ0v) is 11.0. The smallest absolute Gasteiger partial charge is 0.224 e. The first kappa shape index (κ1) is 13.1. The molecule has 0 radical (unpaired) electrons. The molecule has 1 aromatic carbocycles. The highest BCUT2D eigenvalue weighted by atomic mass is 16.5. The lowest BCUT2D eigenvalue weighted by molar-refractivity contribution is -0.120. The second-order valence-electron chi connectivity index (χ2n) is 4.17. The van der Waals surface area contributed by atoms with Crippen molar-refractivity contribution >= 4 is 5.91 Å². The highest BCUT2D eigenvalue weighted by Crippen LogP contribution is 2.13. The molecule has 1 amide bonds. The summed E-state index contributed by atoms with van der Waals surface area (Å²) >= 11 is 0. The molecule has 0 saturated carbocycles. The molecule has 100 valence electrons. The average molecular weight is 260 g/mol. The van der Waals surface area contributed by atoms with E-state index in [2.05, 4.69) is 10.3 Å². The zero-order valence-electron chi connectivity index (χ0n) is 11.0. The van der Waals surface area contributed by atoms with E-state index in [-0.39, 0.29) is 5.91 Å². The van der Waals surface area contributed by atoms with Crippen molar-refractivity contribution in [3.8, 4) is 5.75 Å². The number of hydrogen-bond acceptors (Lipinski definition) is 4. The van der Waals surface area contributed by atoms with Gasteiger partial charge >= 0.3 is 0 Å². The van der Waals surface area contributed by atoms with Gasteiger partial charge in [-0.3, -0.25) is 4.79 Å². The van der Waals surface area contributed by atoms with Gasteiger partial charge < -0.3 is 14.5 Å². The molecule has 5 heteroatoms. The lowest BCUT2D eigenvalue weighted by atomic mass is 10.1. The Hall–Kier alpha value is -2.30. The van der Waals surface area contributed by atoms with Crippen LogP contribution < -0.4 is 10.1 Å². The van der Waals surface area contributed by atoms with E-state index in [1.807, 2.05) is 31.2 Å². The number of nitrogens with one attached hydrogen (secondary N) is 1. The van der Waals surface area contributed by atoms with Crippen molar-refractivity contribution in [2.45, 2.75) is 19.9 Å². The van der Waals surface area contributed by atoms with Gasteiger partial charge in [-0.05, 0) is 24.6 Å². The summed E-state index contributed by atoms with van der Waals surface area (Å²) in [5, 5.41) is 2.80. The fourth-order valence-electron chi connectivity index (χ4n) is 1.71. The summed E-state index contributed by atoms with van der Waals surface area (Å²) in [5.74, 6) is 1.36. The van der Waals surface area contributed by atoms with E-state index in [4.69, 9.17) is 9.15 Å². The predicted octanol–water partition coefficient (Wildman–Crippen LogP) is 1.85. The largest absolute Gasteiger partial charge is 0.497 e. The lowest BCUT2D eigenvalue weighted by Gasteiger charge is -2.05. The van der Waals surface area contributed by atoms with E-state index in [0.717, 1.165) is 17.0 Å². The van der Waals surface area contributed by atoms with Crippen LogP contribution in [0.25, 0.3) is 0 Å². The molecule has 5 nitrogen and oxygen atoms in total. The van der Waals surface area contributed by atoms with E-state index in [9.17, 15) is 4.79 Å². The number of oxazole rings is 1. The van der Waals surface area contributed by atoms with Gasteiger partial charge in [-0.1, -0.05) is 12.1 Å². The van der Waals surface area contributed by atoms with Crippen LogP contribution in [0.1, 0.15) is 17.0 Å². The number of carbonyl (C=O) groups is 1. The molecule has 0 saturated heterocycles. The number of benzene rings is 1. The third-order valence-corrected chi connectivity index (χ3v) is 2.79. The van der Waals surface area contributed by atoms with E-state index in [0.29, 0.717) is 18.7 Å². The molecular formula is C14H16N2O3. The molecule has 1 heterocycles. The fraction of sp³-hybridized carbons (Fsp3) is 0.286. The summed E-state index contributed by atoms with van der Waals surface area (Å²) in [7, 11) is 1.60. The number of methoxy groups -OCH3 is 1. The Balaban J connectivity index is 1.89. The van der Waals surface area contributed by atoms with E-state index in [1.54, 1.807) is 7.11 Å². The van der Waals surface area contributed by atoms with Gasteiger partial charge in [0.1, 0.15) is 11.5 Å². The molecule has 2 aromatic rings. The minimum absolute atomic E-state index is 0.0657. The maximum atomic E-state index is 11.8. The predicted molar refractivity (Wildman–Crippen MR) is 69.8 cm³/mol. The third kappa shape index (κ3) is 3.58. The first-order chi connectivity index (χ1) is 9.19. The number of rotatable bonds is 5. The first-order valence-corrected chi connectivity index (χ1v) is 5.97. The topological polar surface area (TPSA) is 64.4 Å². The van der Waals surface area contributed by atoms with Gasteiger partial charge in [0, 0.05) is 0 Å². The van der Waals surface area contributed by atoms with Crippen molar-refractivity contribution in [2.75, 3.05) is 7.11 Å². The maximum absolute atomic E-state index is 11.8. The van der Waals surface area contributed by atoms with Gasteiger partial charge in [-0.15, -0.1) is 0 Å². The molecule has 2 rings (SSSR count). The monoisotopic (exact) mass is 260 g/mol. The number of ether oxygens (including phenoxy) is 1. The molecule has 0 aliphatic rings. The number of aromatic nitrogens is 1. The van der Waals surface area contributed by atoms with E-state index in [1.165, 1.54) is 6.39 Å². The van der Waals surface area contributed by atoms with Crippen molar-refractivity contribution in [3.63, 3.8) is 0 Å². The molecule has 0 atom stereocenters. The Bertz CT molecular complexity index is 563. The Morgan fingerprint density at radius 2 is 2.32 bits per heavy atom. The van der Waals surface area contributed by atoms with Crippen LogP contribution in [0.3, 0.4) is 0 Å². The SMILES string of the molecule is COc1cccc(CC(=O)NCc2ocnc2C)c1. The van der Waals surface area contributed by atoms with Gasteiger partial charge in [0.2, 0.25) is 5.91 Å². The summed E-state index contributed by atoms with van der Waals surface area (Å²) < 4.78 is 10.3. The van der Waals surface area contributed by atoms with Crippen LogP contribution in [-0.2, 0) is 17.8 Å². The summed E-state index contributed by atoms with van der Waals surface area (Å²) in [4.78, 5) is 15.8. The lowest BCUT2D eigenvalue weighted by Crippen LogP contribution is -2.24. The molecule has 1 N–H and O–H groups in total. The van der Waals surface area contributed by atoms with Gasteiger partial charge in [-0.2, -0.15) is 0 Å². The third-order valence-electron chi connectivity index (χ3n) is 2.79. The fourth-order valence-corrected chi connectivity index (χ4v) is 1.71. The highest BCUT2D eigenvalue weighted by Gasteiger charge is 2.07. The normalized spacial score (nSPS) is 10.2. The maximum Gasteiger partial charge on any atom is 0.224 e. The summed E-state index contributed by atoms with van der Waals surface area (Å²) in [6.07, 6.45) is 1.68. The Kier molecular flexibility index (Phi) is 4.18. The van der Waals surface area contributed by atoms with Gasteiger partial charge in [-0.25, -0.2) is 4.98 Å². The zero-order chi connectivity index (χ0) is 13.7. The van der Waals surface area contributed by atoms with Gasteiger partial charge in [0.05, 0.1) is 25.8 Å². The molecule has 0 aliphatic heterocycles. The Morgan fingerprint density at radius 3 is 3.00 bits per heavy atom. The van der Waals surface area contributed by atoms with Crippen molar-refractivity contribution in [3.05, 3.63) is 47.7 Å². The molecule has 19 heavy (non-hydrogen) atoms. The Labute approximate surface area is 111 Å². The average Bonchev–Trinajstić information content (AvgIpc) is 2.82.